The molecule has 1 aliphatic rings. The number of aromatic nitrogens is 5. The summed E-state index contributed by atoms with van der Waals surface area (Å²) in [6, 6.07) is 11.2. The van der Waals surface area contributed by atoms with E-state index in [1.807, 2.05) is 31.6 Å². The summed E-state index contributed by atoms with van der Waals surface area (Å²) in [5.41, 5.74) is 3.50. The molecule has 9 heteroatoms. The molecule has 0 saturated carbocycles. The Balaban J connectivity index is 1.47. The minimum Gasteiger partial charge on any atom is -0.488 e. The van der Waals surface area contributed by atoms with Crippen molar-refractivity contribution in [2.24, 2.45) is 7.05 Å². The Morgan fingerprint density at radius 2 is 1.97 bits per heavy atom. The van der Waals surface area contributed by atoms with E-state index in [2.05, 4.69) is 44.2 Å². The van der Waals surface area contributed by atoms with Gasteiger partial charge in [0.2, 0.25) is 0 Å². The van der Waals surface area contributed by atoms with E-state index in [-0.39, 0.29) is 11.9 Å². The van der Waals surface area contributed by atoms with Gasteiger partial charge in [0, 0.05) is 36.4 Å². The zero-order valence-electron chi connectivity index (χ0n) is 21.0. The minimum absolute atomic E-state index is 0.0589. The fourth-order valence-electron chi connectivity index (χ4n) is 5.23. The monoisotopic (exact) mass is 497 g/mol. The Morgan fingerprint density at radius 3 is 2.76 bits per heavy atom. The summed E-state index contributed by atoms with van der Waals surface area (Å²) in [6.07, 6.45) is 9.08. The van der Waals surface area contributed by atoms with Crippen molar-refractivity contribution >= 4 is 33.3 Å². The van der Waals surface area contributed by atoms with Crippen molar-refractivity contribution in [3.63, 3.8) is 0 Å². The van der Waals surface area contributed by atoms with Crippen molar-refractivity contribution in [2.75, 3.05) is 18.9 Å². The van der Waals surface area contributed by atoms with E-state index >= 15 is 4.39 Å². The molecule has 0 amide bonds. The topological polar surface area (TPSA) is 81.0 Å². The number of likely N-dealkylation sites (N-methyl/N-ethyl adjacent to an activating group) is 1. The van der Waals surface area contributed by atoms with E-state index in [4.69, 9.17) is 4.74 Å². The van der Waals surface area contributed by atoms with Gasteiger partial charge in [0.25, 0.3) is 0 Å². The largest absolute Gasteiger partial charge is 0.488 e. The second-order valence-electron chi connectivity index (χ2n) is 9.63. The number of pyridine rings is 1. The van der Waals surface area contributed by atoms with Gasteiger partial charge in [-0.1, -0.05) is 0 Å². The maximum atomic E-state index is 15.4. The predicted octanol–water partition coefficient (Wildman–Crippen LogP) is 5.32. The van der Waals surface area contributed by atoms with Crippen LogP contribution in [0.5, 0.6) is 5.75 Å². The van der Waals surface area contributed by atoms with Crippen molar-refractivity contribution in [2.45, 2.75) is 31.9 Å². The number of aryl methyl sites for hydroxylation is 1. The number of rotatable bonds is 6. The first-order valence-electron chi connectivity index (χ1n) is 12.4. The van der Waals surface area contributed by atoms with Crippen molar-refractivity contribution < 1.29 is 9.13 Å². The molecule has 1 fully saturated rings. The molecule has 2 atom stereocenters. The third kappa shape index (κ3) is 4.35. The van der Waals surface area contributed by atoms with E-state index < -0.39 is 0 Å². The number of hydrogen-bond acceptors (Lipinski definition) is 7. The van der Waals surface area contributed by atoms with Crippen LogP contribution < -0.4 is 10.1 Å². The Kier molecular flexibility index (Phi) is 5.92. The second kappa shape index (κ2) is 9.40. The highest BCUT2D eigenvalue weighted by Crippen LogP contribution is 2.38. The maximum Gasteiger partial charge on any atom is 0.156 e. The number of benzene rings is 2. The van der Waals surface area contributed by atoms with E-state index in [1.165, 1.54) is 6.33 Å². The van der Waals surface area contributed by atoms with E-state index in [1.54, 1.807) is 35.1 Å². The van der Waals surface area contributed by atoms with Crippen LogP contribution in [0.15, 0.2) is 61.3 Å². The summed E-state index contributed by atoms with van der Waals surface area (Å²) in [6.45, 7) is 3.16. The molecular weight excluding hydrogens is 469 g/mol. The lowest BCUT2D eigenvalue weighted by atomic mass is 10.0. The summed E-state index contributed by atoms with van der Waals surface area (Å²) >= 11 is 0. The normalized spacial score (nSPS) is 16.9. The third-order valence-electron chi connectivity index (χ3n) is 7.14. The van der Waals surface area contributed by atoms with Crippen LogP contribution in [-0.4, -0.2) is 55.4 Å². The van der Waals surface area contributed by atoms with Crippen LogP contribution in [0.3, 0.4) is 0 Å². The molecule has 0 bridgehead atoms. The number of nitrogens with one attached hydrogen (secondary N) is 1. The number of halogens is 1. The molecule has 6 rings (SSSR count). The SMILES string of the molecule is C[C@@H](Oc1cc(-c2cnn(C)c2)cc2ncnc(Nc3ccc4ncccc4c3F)c12)[C@@H]1CCCN1C. The Hall–Kier alpha value is -4.11. The molecule has 37 heavy (non-hydrogen) atoms. The highest BCUT2D eigenvalue weighted by molar-refractivity contribution is 5.99. The highest BCUT2D eigenvalue weighted by atomic mass is 19.1. The smallest absolute Gasteiger partial charge is 0.156 e. The molecule has 8 nitrogen and oxygen atoms in total. The first kappa shape index (κ1) is 23.3. The molecular formula is C28H28FN7O. The van der Waals surface area contributed by atoms with E-state index in [0.29, 0.717) is 45.1 Å². The molecule has 1 N–H and O–H groups in total. The van der Waals surface area contributed by atoms with Crippen LogP contribution in [0.25, 0.3) is 32.9 Å². The summed E-state index contributed by atoms with van der Waals surface area (Å²) < 4.78 is 23.8. The number of anilines is 2. The quantitative estimate of drug-likeness (QED) is 0.340. The van der Waals surface area contributed by atoms with Gasteiger partial charge in [-0.05, 0) is 75.3 Å². The minimum atomic E-state index is -0.382. The van der Waals surface area contributed by atoms with Crippen molar-refractivity contribution in [3.8, 4) is 16.9 Å². The van der Waals surface area contributed by atoms with Gasteiger partial charge in [0.1, 0.15) is 24.0 Å². The number of nitrogens with zero attached hydrogens (tertiary/aromatic N) is 6. The first-order chi connectivity index (χ1) is 18.0. The van der Waals surface area contributed by atoms with E-state index in [0.717, 1.165) is 30.5 Å². The zero-order valence-corrected chi connectivity index (χ0v) is 21.0. The number of ether oxygens (including phenoxy) is 1. The van der Waals surface area contributed by atoms with Crippen LogP contribution in [0.1, 0.15) is 19.8 Å². The predicted molar refractivity (Wildman–Crippen MR) is 142 cm³/mol. The van der Waals surface area contributed by atoms with Crippen LogP contribution in [-0.2, 0) is 7.05 Å². The van der Waals surface area contributed by atoms with Gasteiger partial charge in [0.05, 0.1) is 28.3 Å². The van der Waals surface area contributed by atoms with Crippen LogP contribution in [0, 0.1) is 5.82 Å². The van der Waals surface area contributed by atoms with Gasteiger partial charge >= 0.3 is 0 Å². The molecule has 4 heterocycles. The Labute approximate surface area is 214 Å². The lowest BCUT2D eigenvalue weighted by Gasteiger charge is -2.27. The van der Waals surface area contributed by atoms with Gasteiger partial charge in [-0.15, -0.1) is 0 Å². The van der Waals surface area contributed by atoms with E-state index in [9.17, 15) is 0 Å². The molecule has 188 valence electrons. The molecule has 1 saturated heterocycles. The van der Waals surface area contributed by atoms with Crippen LogP contribution in [0.4, 0.5) is 15.9 Å². The lowest BCUT2D eigenvalue weighted by molar-refractivity contribution is 0.123. The lowest BCUT2D eigenvalue weighted by Crippen LogP contribution is -2.38. The van der Waals surface area contributed by atoms with Crippen molar-refractivity contribution in [1.29, 1.82) is 0 Å². The summed E-state index contributed by atoms with van der Waals surface area (Å²) in [7, 11) is 4.02. The number of fused-ring (bicyclic) bond motifs is 2. The standard InChI is InChI=1S/C28H28FN7O/c1-17(24-7-5-11-35(24)2)37-25-13-18(19-14-33-36(3)15-19)12-23-26(25)28(32-16-31-23)34-22-9-8-21-20(27(22)29)6-4-10-30-21/h4,6,8-10,12-17,24H,5,7,11H2,1-3H3,(H,31,32,34)/t17-,24+/m1/s1. The van der Waals surface area contributed by atoms with Crippen LogP contribution in [0.2, 0.25) is 0 Å². The average molecular weight is 498 g/mol. The first-order valence-corrected chi connectivity index (χ1v) is 12.4. The molecule has 5 aromatic rings. The van der Waals surface area contributed by atoms with Crippen LogP contribution >= 0.6 is 0 Å². The average Bonchev–Trinajstić information content (AvgIpc) is 3.54. The molecule has 0 aliphatic carbocycles. The van der Waals surface area contributed by atoms with Gasteiger partial charge in [0.15, 0.2) is 5.82 Å². The van der Waals surface area contributed by atoms with Gasteiger partial charge in [-0.3, -0.25) is 14.6 Å². The molecule has 0 spiro atoms. The molecule has 2 aromatic carbocycles. The number of hydrogen-bond donors (Lipinski definition) is 1. The van der Waals surface area contributed by atoms with Crippen molar-refractivity contribution in [1.82, 2.24) is 29.6 Å². The molecule has 1 aliphatic heterocycles. The third-order valence-corrected chi connectivity index (χ3v) is 7.14. The van der Waals surface area contributed by atoms with Gasteiger partial charge in [-0.25, -0.2) is 14.4 Å². The fraction of sp³-hybridized carbons (Fsp3) is 0.286. The van der Waals surface area contributed by atoms with Crippen molar-refractivity contribution in [3.05, 3.63) is 67.1 Å². The molecule has 3 aromatic heterocycles. The molecule has 0 radical (unpaired) electrons. The van der Waals surface area contributed by atoms with Gasteiger partial charge in [-0.2, -0.15) is 5.10 Å². The maximum absolute atomic E-state index is 15.4. The Morgan fingerprint density at radius 1 is 1.08 bits per heavy atom. The summed E-state index contributed by atoms with van der Waals surface area (Å²) in [5.74, 6) is 0.745. The number of likely N-dealkylation sites (tertiary alicyclic amines) is 1. The summed E-state index contributed by atoms with van der Waals surface area (Å²) in [5, 5.41) is 8.67. The fourth-order valence-corrected chi connectivity index (χ4v) is 5.23. The summed E-state index contributed by atoms with van der Waals surface area (Å²) in [4.78, 5) is 15.6. The van der Waals surface area contributed by atoms with Gasteiger partial charge < -0.3 is 10.1 Å². The Bertz CT molecular complexity index is 1600. The molecule has 0 unspecified atom stereocenters. The highest BCUT2D eigenvalue weighted by Gasteiger charge is 2.29. The zero-order chi connectivity index (χ0) is 25.5. The second-order valence-corrected chi connectivity index (χ2v) is 9.63.